The first-order chi connectivity index (χ1) is 9.86. The zero-order chi connectivity index (χ0) is 13.8. The molecule has 0 fully saturated rings. The lowest BCUT2D eigenvalue weighted by Crippen LogP contribution is -1.88. The highest BCUT2D eigenvalue weighted by molar-refractivity contribution is 7.16. The molecule has 4 nitrogen and oxygen atoms in total. The lowest BCUT2D eigenvalue weighted by Gasteiger charge is -2.08. The molecule has 0 atom stereocenters. The molecule has 3 rings (SSSR count). The average molecular weight is 282 g/mol. The average Bonchev–Trinajstić information content (AvgIpc) is 2.98. The van der Waals surface area contributed by atoms with Crippen LogP contribution in [0.15, 0.2) is 55.0 Å². The van der Waals surface area contributed by atoms with Crippen molar-refractivity contribution < 1.29 is 9.53 Å². The standard InChI is InChI=1S/C15H10N2O2S/c18-10-15-17-9-14(20-15)12-6-7-16-8-13(12)19-11-4-2-1-3-5-11/h1-10H. The maximum Gasteiger partial charge on any atom is 0.178 e. The number of rotatable bonds is 4. The quantitative estimate of drug-likeness (QED) is 0.683. The largest absolute Gasteiger partial charge is 0.455 e. The van der Waals surface area contributed by atoms with Gasteiger partial charge in [-0.1, -0.05) is 18.2 Å². The first-order valence-electron chi connectivity index (χ1n) is 5.95. The van der Waals surface area contributed by atoms with E-state index in [1.54, 1.807) is 18.6 Å². The van der Waals surface area contributed by atoms with Gasteiger partial charge in [-0.2, -0.15) is 0 Å². The van der Waals surface area contributed by atoms with E-state index in [1.807, 2.05) is 36.4 Å². The van der Waals surface area contributed by atoms with Gasteiger partial charge >= 0.3 is 0 Å². The van der Waals surface area contributed by atoms with Gasteiger partial charge in [-0.25, -0.2) is 4.98 Å². The Morgan fingerprint density at radius 3 is 2.70 bits per heavy atom. The van der Waals surface area contributed by atoms with Crippen molar-refractivity contribution in [1.29, 1.82) is 0 Å². The van der Waals surface area contributed by atoms with Gasteiger partial charge in [-0.3, -0.25) is 9.78 Å². The summed E-state index contributed by atoms with van der Waals surface area (Å²) in [6, 6.07) is 11.3. The minimum absolute atomic E-state index is 0.447. The van der Waals surface area contributed by atoms with Crippen molar-refractivity contribution in [1.82, 2.24) is 9.97 Å². The summed E-state index contributed by atoms with van der Waals surface area (Å²) in [5, 5.41) is 0.447. The van der Waals surface area contributed by atoms with E-state index in [0.29, 0.717) is 10.8 Å². The summed E-state index contributed by atoms with van der Waals surface area (Å²) in [6.45, 7) is 0. The molecule has 3 aromatic rings. The van der Waals surface area contributed by atoms with E-state index in [9.17, 15) is 4.79 Å². The smallest absolute Gasteiger partial charge is 0.178 e. The molecule has 0 saturated carbocycles. The van der Waals surface area contributed by atoms with Crippen LogP contribution in [0.4, 0.5) is 0 Å². The summed E-state index contributed by atoms with van der Waals surface area (Å²) in [7, 11) is 0. The van der Waals surface area contributed by atoms with Crippen molar-refractivity contribution in [2.75, 3.05) is 0 Å². The van der Waals surface area contributed by atoms with E-state index < -0.39 is 0 Å². The fourth-order valence-corrected chi connectivity index (χ4v) is 2.51. The van der Waals surface area contributed by atoms with Gasteiger partial charge in [0.25, 0.3) is 0 Å². The molecule has 0 amide bonds. The molecule has 0 aliphatic carbocycles. The number of ether oxygens (including phenoxy) is 1. The Labute approximate surface area is 119 Å². The molecule has 0 radical (unpaired) electrons. The zero-order valence-corrected chi connectivity index (χ0v) is 11.2. The normalized spacial score (nSPS) is 10.2. The Balaban J connectivity index is 1.98. The number of carbonyl (C=O) groups is 1. The van der Waals surface area contributed by atoms with Gasteiger partial charge in [0.05, 0.1) is 11.1 Å². The Morgan fingerprint density at radius 1 is 1.10 bits per heavy atom. The first kappa shape index (κ1) is 12.5. The van der Waals surface area contributed by atoms with Gasteiger partial charge < -0.3 is 4.74 Å². The molecular weight excluding hydrogens is 272 g/mol. The minimum Gasteiger partial charge on any atom is -0.455 e. The second-order valence-corrected chi connectivity index (χ2v) is 5.03. The molecule has 5 heteroatoms. The molecule has 0 N–H and O–H groups in total. The molecule has 0 saturated heterocycles. The predicted octanol–water partition coefficient (Wildman–Crippen LogP) is 3.81. The van der Waals surface area contributed by atoms with Crippen LogP contribution in [-0.2, 0) is 0 Å². The number of hydrogen-bond donors (Lipinski definition) is 0. The number of thiazole rings is 1. The molecular formula is C15H10N2O2S. The molecule has 0 aliphatic rings. The Bertz CT molecular complexity index is 726. The van der Waals surface area contributed by atoms with Crippen LogP contribution in [0.1, 0.15) is 9.80 Å². The van der Waals surface area contributed by atoms with Gasteiger partial charge in [-0.05, 0) is 18.2 Å². The monoisotopic (exact) mass is 282 g/mol. The Morgan fingerprint density at radius 2 is 1.95 bits per heavy atom. The SMILES string of the molecule is O=Cc1ncc(-c2ccncc2Oc2ccccc2)s1. The minimum atomic E-state index is 0.447. The topological polar surface area (TPSA) is 52.1 Å². The fraction of sp³-hybridized carbons (Fsp3) is 0. The Kier molecular flexibility index (Phi) is 3.52. The van der Waals surface area contributed by atoms with E-state index in [1.165, 1.54) is 11.3 Å². The molecule has 2 heterocycles. The zero-order valence-electron chi connectivity index (χ0n) is 10.4. The Hall–Kier alpha value is -2.53. The maximum atomic E-state index is 10.7. The van der Waals surface area contributed by atoms with E-state index >= 15 is 0 Å². The number of benzene rings is 1. The van der Waals surface area contributed by atoms with Gasteiger partial charge in [0.15, 0.2) is 17.0 Å². The fourth-order valence-electron chi connectivity index (χ4n) is 1.75. The van der Waals surface area contributed by atoms with Crippen molar-refractivity contribution in [3.05, 3.63) is 60.0 Å². The third-order valence-electron chi connectivity index (χ3n) is 2.65. The van der Waals surface area contributed by atoms with Crippen LogP contribution >= 0.6 is 11.3 Å². The summed E-state index contributed by atoms with van der Waals surface area (Å²) in [5.41, 5.74) is 0.870. The maximum absolute atomic E-state index is 10.7. The molecule has 1 aromatic carbocycles. The van der Waals surface area contributed by atoms with Crippen molar-refractivity contribution in [2.24, 2.45) is 0 Å². The third-order valence-corrected chi connectivity index (χ3v) is 3.60. The van der Waals surface area contributed by atoms with Crippen molar-refractivity contribution in [2.45, 2.75) is 0 Å². The highest BCUT2D eigenvalue weighted by Crippen LogP contribution is 2.35. The highest BCUT2D eigenvalue weighted by atomic mass is 32.1. The lowest BCUT2D eigenvalue weighted by atomic mass is 10.2. The van der Waals surface area contributed by atoms with Crippen LogP contribution in [0.3, 0.4) is 0 Å². The highest BCUT2D eigenvalue weighted by Gasteiger charge is 2.10. The molecule has 0 spiro atoms. The number of para-hydroxylation sites is 1. The predicted molar refractivity (Wildman–Crippen MR) is 77.2 cm³/mol. The van der Waals surface area contributed by atoms with Crippen LogP contribution in [0, 0.1) is 0 Å². The summed E-state index contributed by atoms with van der Waals surface area (Å²) in [5.74, 6) is 1.38. The molecule has 98 valence electrons. The van der Waals surface area contributed by atoms with Crippen LogP contribution in [0.2, 0.25) is 0 Å². The van der Waals surface area contributed by atoms with Gasteiger partial charge in [0.1, 0.15) is 5.75 Å². The van der Waals surface area contributed by atoms with Crippen LogP contribution in [0.5, 0.6) is 11.5 Å². The van der Waals surface area contributed by atoms with E-state index in [0.717, 1.165) is 22.5 Å². The van der Waals surface area contributed by atoms with E-state index in [-0.39, 0.29) is 0 Å². The third kappa shape index (κ3) is 2.57. The first-order valence-corrected chi connectivity index (χ1v) is 6.77. The van der Waals surface area contributed by atoms with Crippen molar-refractivity contribution >= 4 is 17.6 Å². The van der Waals surface area contributed by atoms with Crippen molar-refractivity contribution in [3.8, 4) is 21.9 Å². The van der Waals surface area contributed by atoms with Crippen LogP contribution < -0.4 is 4.74 Å². The van der Waals surface area contributed by atoms with Crippen LogP contribution in [0.25, 0.3) is 10.4 Å². The van der Waals surface area contributed by atoms with Crippen molar-refractivity contribution in [3.63, 3.8) is 0 Å². The lowest BCUT2D eigenvalue weighted by molar-refractivity contribution is 0.112. The summed E-state index contributed by atoms with van der Waals surface area (Å²) in [6.07, 6.45) is 5.75. The van der Waals surface area contributed by atoms with E-state index in [4.69, 9.17) is 4.74 Å². The molecule has 0 aliphatic heterocycles. The van der Waals surface area contributed by atoms with E-state index in [2.05, 4.69) is 9.97 Å². The number of nitrogens with zero attached hydrogens (tertiary/aromatic N) is 2. The number of aldehydes is 1. The van der Waals surface area contributed by atoms with Gasteiger partial charge in [-0.15, -0.1) is 11.3 Å². The molecule has 0 bridgehead atoms. The number of hydrogen-bond acceptors (Lipinski definition) is 5. The molecule has 0 unspecified atom stereocenters. The summed E-state index contributed by atoms with van der Waals surface area (Å²) >= 11 is 1.32. The van der Waals surface area contributed by atoms with Gasteiger partial charge in [0, 0.05) is 18.0 Å². The second-order valence-electron chi connectivity index (χ2n) is 3.97. The second kappa shape index (κ2) is 5.63. The number of carbonyl (C=O) groups excluding carboxylic acids is 1. The number of pyridine rings is 1. The van der Waals surface area contributed by atoms with Crippen LogP contribution in [-0.4, -0.2) is 16.3 Å². The number of aromatic nitrogens is 2. The summed E-state index contributed by atoms with van der Waals surface area (Å²) < 4.78 is 5.83. The molecule has 20 heavy (non-hydrogen) atoms. The molecule has 2 aromatic heterocycles. The van der Waals surface area contributed by atoms with Gasteiger partial charge in [0.2, 0.25) is 0 Å². The summed E-state index contributed by atoms with van der Waals surface area (Å²) in [4.78, 5) is 19.7.